The number of fused-ring (bicyclic) bond motifs is 1. The molecule has 2 N–H and O–H groups in total. The quantitative estimate of drug-likeness (QED) is 0.709. The van der Waals surface area contributed by atoms with Crippen LogP contribution in [0.2, 0.25) is 0 Å². The lowest BCUT2D eigenvalue weighted by Crippen LogP contribution is -1.91. The first-order valence-electron chi connectivity index (χ1n) is 7.17. The highest BCUT2D eigenvalue weighted by atomic mass is 16.5. The van der Waals surface area contributed by atoms with Gasteiger partial charge in [0.25, 0.3) is 0 Å². The molecule has 0 spiro atoms. The summed E-state index contributed by atoms with van der Waals surface area (Å²) in [5.41, 5.74) is 3.71. The van der Waals surface area contributed by atoms with Gasteiger partial charge in [-0.3, -0.25) is 0 Å². The molecule has 0 fully saturated rings. The third-order valence-corrected chi connectivity index (χ3v) is 3.51. The van der Waals surface area contributed by atoms with Crippen molar-refractivity contribution >= 4 is 23.1 Å². The minimum atomic E-state index is -0.953. The van der Waals surface area contributed by atoms with Crippen molar-refractivity contribution in [1.82, 2.24) is 9.97 Å². The van der Waals surface area contributed by atoms with E-state index in [1.165, 1.54) is 0 Å². The van der Waals surface area contributed by atoms with Crippen molar-refractivity contribution in [3.8, 4) is 5.75 Å². The number of para-hydroxylation sites is 1. The Balaban J connectivity index is 1.80. The van der Waals surface area contributed by atoms with Gasteiger partial charge < -0.3 is 14.8 Å². The molecule has 3 rings (SSSR count). The highest BCUT2D eigenvalue weighted by Crippen LogP contribution is 2.23. The molecule has 0 aliphatic rings. The van der Waals surface area contributed by atoms with Crippen LogP contribution in [-0.4, -0.2) is 28.2 Å². The number of nitrogens with zero attached hydrogens (tertiary/aromatic N) is 1. The summed E-state index contributed by atoms with van der Waals surface area (Å²) in [4.78, 5) is 18.4. The fourth-order valence-corrected chi connectivity index (χ4v) is 2.41. The van der Waals surface area contributed by atoms with E-state index in [9.17, 15) is 4.79 Å². The zero-order valence-corrected chi connectivity index (χ0v) is 12.6. The van der Waals surface area contributed by atoms with Crippen LogP contribution in [0.15, 0.2) is 48.5 Å². The molecule has 1 aromatic heterocycles. The molecule has 5 nitrogen and oxygen atoms in total. The maximum Gasteiger partial charge on any atom is 0.328 e. The third-order valence-electron chi connectivity index (χ3n) is 3.51. The molecule has 116 valence electrons. The maximum absolute atomic E-state index is 10.5. The number of hydrogen-bond donors (Lipinski definition) is 2. The molecule has 1 heterocycles. The standard InChI is InChI=1S/C18H16N2O3/c1-23-15-4-2-3-14-18(15)20-16(19-14)11-13-7-5-12(6-8-13)9-10-17(21)22/h2-10H,11H2,1H3,(H,19,20)(H,21,22)/b10-9+. The van der Waals surface area contributed by atoms with Crippen molar-refractivity contribution in [1.29, 1.82) is 0 Å². The Bertz CT molecular complexity index is 864. The van der Waals surface area contributed by atoms with E-state index in [0.29, 0.717) is 6.42 Å². The molecule has 0 unspecified atom stereocenters. The van der Waals surface area contributed by atoms with Gasteiger partial charge in [-0.05, 0) is 29.3 Å². The van der Waals surface area contributed by atoms with Crippen LogP contribution in [0.4, 0.5) is 0 Å². The number of hydrogen-bond acceptors (Lipinski definition) is 3. The Morgan fingerprint density at radius 2 is 2.04 bits per heavy atom. The van der Waals surface area contributed by atoms with Crippen LogP contribution >= 0.6 is 0 Å². The fourth-order valence-electron chi connectivity index (χ4n) is 2.41. The van der Waals surface area contributed by atoms with E-state index in [1.54, 1.807) is 13.2 Å². The number of nitrogens with one attached hydrogen (secondary N) is 1. The van der Waals surface area contributed by atoms with Gasteiger partial charge in [-0.1, -0.05) is 30.3 Å². The van der Waals surface area contributed by atoms with Crippen molar-refractivity contribution in [2.45, 2.75) is 6.42 Å². The van der Waals surface area contributed by atoms with Crippen molar-refractivity contribution < 1.29 is 14.6 Å². The first-order valence-corrected chi connectivity index (χ1v) is 7.17. The van der Waals surface area contributed by atoms with Crippen LogP contribution in [0, 0.1) is 0 Å². The largest absolute Gasteiger partial charge is 0.494 e. The van der Waals surface area contributed by atoms with Crippen LogP contribution in [0.1, 0.15) is 17.0 Å². The monoisotopic (exact) mass is 308 g/mol. The number of ether oxygens (including phenoxy) is 1. The van der Waals surface area contributed by atoms with E-state index in [-0.39, 0.29) is 0 Å². The lowest BCUT2D eigenvalue weighted by atomic mass is 10.1. The average Bonchev–Trinajstić information content (AvgIpc) is 2.96. The van der Waals surface area contributed by atoms with Gasteiger partial charge in [0.2, 0.25) is 0 Å². The second-order valence-corrected chi connectivity index (χ2v) is 5.13. The maximum atomic E-state index is 10.5. The number of aliphatic carboxylic acids is 1. The number of aromatic amines is 1. The van der Waals surface area contributed by atoms with Crippen molar-refractivity contribution in [2.24, 2.45) is 0 Å². The minimum Gasteiger partial charge on any atom is -0.494 e. The molecular weight excluding hydrogens is 292 g/mol. The molecule has 2 aromatic carbocycles. The molecule has 0 aliphatic heterocycles. The Labute approximate surface area is 133 Å². The van der Waals surface area contributed by atoms with Gasteiger partial charge in [0.15, 0.2) is 0 Å². The summed E-state index contributed by atoms with van der Waals surface area (Å²) in [5.74, 6) is 0.655. The average molecular weight is 308 g/mol. The van der Waals surface area contributed by atoms with Crippen LogP contribution in [0.25, 0.3) is 17.1 Å². The van der Waals surface area contributed by atoms with Crippen LogP contribution in [0.5, 0.6) is 5.75 Å². The van der Waals surface area contributed by atoms with Gasteiger partial charge in [0.1, 0.15) is 17.1 Å². The minimum absolute atomic E-state index is 0.667. The topological polar surface area (TPSA) is 75.2 Å². The Morgan fingerprint density at radius 1 is 1.26 bits per heavy atom. The van der Waals surface area contributed by atoms with Gasteiger partial charge in [0, 0.05) is 12.5 Å². The molecule has 3 aromatic rings. The van der Waals surface area contributed by atoms with Crippen molar-refractivity contribution in [3.63, 3.8) is 0 Å². The second-order valence-electron chi connectivity index (χ2n) is 5.13. The molecule has 5 heteroatoms. The zero-order valence-electron chi connectivity index (χ0n) is 12.6. The highest BCUT2D eigenvalue weighted by Gasteiger charge is 2.08. The molecule has 0 bridgehead atoms. The molecule has 0 saturated carbocycles. The molecular formula is C18H16N2O3. The van der Waals surface area contributed by atoms with E-state index < -0.39 is 5.97 Å². The molecule has 0 aliphatic carbocycles. The smallest absolute Gasteiger partial charge is 0.328 e. The summed E-state index contributed by atoms with van der Waals surface area (Å²) in [6, 6.07) is 13.5. The summed E-state index contributed by atoms with van der Waals surface area (Å²) in [6.07, 6.45) is 3.36. The Morgan fingerprint density at radius 3 is 2.74 bits per heavy atom. The number of carboxylic acids is 1. The molecule has 23 heavy (non-hydrogen) atoms. The SMILES string of the molecule is COc1cccc2[nH]c(Cc3ccc(/C=C/C(=O)O)cc3)nc12. The summed E-state index contributed by atoms with van der Waals surface area (Å²) in [5, 5.41) is 8.63. The van der Waals surface area contributed by atoms with Crippen LogP contribution in [0.3, 0.4) is 0 Å². The van der Waals surface area contributed by atoms with Gasteiger partial charge in [-0.25, -0.2) is 9.78 Å². The van der Waals surface area contributed by atoms with Crippen molar-refractivity contribution in [3.05, 3.63) is 65.5 Å². The molecule has 0 radical (unpaired) electrons. The van der Waals surface area contributed by atoms with Gasteiger partial charge in [-0.2, -0.15) is 0 Å². The van der Waals surface area contributed by atoms with Gasteiger partial charge in [-0.15, -0.1) is 0 Å². The molecule has 0 amide bonds. The number of H-pyrrole nitrogens is 1. The summed E-state index contributed by atoms with van der Waals surface area (Å²) in [6.45, 7) is 0. The Hall–Kier alpha value is -3.08. The molecule has 0 atom stereocenters. The number of imidazole rings is 1. The van der Waals surface area contributed by atoms with E-state index in [4.69, 9.17) is 9.84 Å². The molecule has 0 saturated heterocycles. The van der Waals surface area contributed by atoms with E-state index in [2.05, 4.69) is 9.97 Å². The number of carbonyl (C=O) groups is 1. The van der Waals surface area contributed by atoms with Crippen LogP contribution < -0.4 is 4.74 Å². The van der Waals surface area contributed by atoms with Gasteiger partial charge in [0.05, 0.1) is 12.6 Å². The predicted octanol–water partition coefficient (Wildman–Crippen LogP) is 3.26. The number of rotatable bonds is 5. The van der Waals surface area contributed by atoms with Crippen molar-refractivity contribution in [2.75, 3.05) is 7.11 Å². The highest BCUT2D eigenvalue weighted by molar-refractivity contribution is 5.85. The fraction of sp³-hybridized carbons (Fsp3) is 0.111. The second kappa shape index (κ2) is 6.36. The first-order chi connectivity index (χ1) is 11.2. The number of carboxylic acid groups (broad SMARTS) is 1. The van der Waals surface area contributed by atoms with E-state index in [1.807, 2.05) is 42.5 Å². The Kier molecular flexibility index (Phi) is 4.10. The zero-order chi connectivity index (χ0) is 16.2. The summed E-state index contributed by atoms with van der Waals surface area (Å²) >= 11 is 0. The third kappa shape index (κ3) is 3.40. The number of methoxy groups -OCH3 is 1. The number of benzene rings is 2. The predicted molar refractivity (Wildman–Crippen MR) is 88.6 cm³/mol. The lowest BCUT2D eigenvalue weighted by Gasteiger charge is -1.99. The number of aromatic nitrogens is 2. The first kappa shape index (κ1) is 14.8. The lowest BCUT2D eigenvalue weighted by molar-refractivity contribution is -0.131. The summed E-state index contributed by atoms with van der Waals surface area (Å²) < 4.78 is 5.31. The van der Waals surface area contributed by atoms with Crippen LogP contribution in [-0.2, 0) is 11.2 Å². The van der Waals surface area contributed by atoms with E-state index in [0.717, 1.165) is 39.8 Å². The summed E-state index contributed by atoms with van der Waals surface area (Å²) in [7, 11) is 1.63. The normalized spacial score (nSPS) is 11.2. The van der Waals surface area contributed by atoms with Gasteiger partial charge >= 0.3 is 5.97 Å². The van der Waals surface area contributed by atoms with E-state index >= 15 is 0 Å².